The van der Waals surface area contributed by atoms with Gasteiger partial charge in [0.15, 0.2) is 0 Å². The summed E-state index contributed by atoms with van der Waals surface area (Å²) < 4.78 is 0. The molecule has 0 fully saturated rings. The lowest BCUT2D eigenvalue weighted by molar-refractivity contribution is 1.04. The standard InChI is InChI=1S/C18H14ClN3S/c19-14-6-7-15-16(8-14)23-11-13-10-21-18(22-17(13)15)20-9-12-4-2-1-3-5-12/h1-8,10H,9,11H2,(H,20,21,22). The first-order chi connectivity index (χ1) is 11.3. The van der Waals surface area contributed by atoms with Crippen LogP contribution in [0.2, 0.25) is 5.02 Å². The average molecular weight is 340 g/mol. The van der Waals surface area contributed by atoms with Gasteiger partial charge in [0.25, 0.3) is 0 Å². The first-order valence-corrected chi connectivity index (χ1v) is 8.72. The molecular formula is C18H14ClN3S. The van der Waals surface area contributed by atoms with Crippen molar-refractivity contribution in [3.8, 4) is 11.3 Å². The van der Waals surface area contributed by atoms with Crippen LogP contribution in [0.3, 0.4) is 0 Å². The lowest BCUT2D eigenvalue weighted by Gasteiger charge is -2.19. The molecule has 5 heteroatoms. The number of anilines is 1. The number of nitrogens with one attached hydrogen (secondary N) is 1. The molecule has 2 heterocycles. The Balaban J connectivity index is 1.63. The topological polar surface area (TPSA) is 37.8 Å². The zero-order valence-electron chi connectivity index (χ0n) is 12.3. The van der Waals surface area contributed by atoms with Crippen LogP contribution in [0.15, 0.2) is 59.6 Å². The van der Waals surface area contributed by atoms with Crippen molar-refractivity contribution in [1.29, 1.82) is 0 Å². The fraction of sp³-hybridized carbons (Fsp3) is 0.111. The minimum atomic E-state index is 0.653. The van der Waals surface area contributed by atoms with E-state index in [1.807, 2.05) is 42.6 Å². The number of thioether (sulfide) groups is 1. The summed E-state index contributed by atoms with van der Waals surface area (Å²) in [4.78, 5) is 10.3. The third-order valence-corrected chi connectivity index (χ3v) is 5.08. The molecule has 0 atom stereocenters. The highest BCUT2D eigenvalue weighted by molar-refractivity contribution is 7.98. The summed E-state index contributed by atoms with van der Waals surface area (Å²) in [6.45, 7) is 0.710. The van der Waals surface area contributed by atoms with Crippen molar-refractivity contribution in [3.05, 3.63) is 70.9 Å². The van der Waals surface area contributed by atoms with E-state index in [9.17, 15) is 0 Å². The summed E-state index contributed by atoms with van der Waals surface area (Å²) in [7, 11) is 0. The van der Waals surface area contributed by atoms with E-state index in [4.69, 9.17) is 16.6 Å². The van der Waals surface area contributed by atoms with Crippen LogP contribution in [0.4, 0.5) is 5.95 Å². The number of halogens is 1. The van der Waals surface area contributed by atoms with Crippen molar-refractivity contribution < 1.29 is 0 Å². The van der Waals surface area contributed by atoms with Crippen LogP contribution in [-0.2, 0) is 12.3 Å². The maximum absolute atomic E-state index is 6.09. The summed E-state index contributed by atoms with van der Waals surface area (Å²) in [5.41, 5.74) is 4.50. The number of aromatic nitrogens is 2. The molecule has 23 heavy (non-hydrogen) atoms. The maximum atomic E-state index is 6.09. The second kappa shape index (κ2) is 6.22. The number of fused-ring (bicyclic) bond motifs is 3. The first-order valence-electron chi connectivity index (χ1n) is 7.36. The van der Waals surface area contributed by atoms with Gasteiger partial charge in [-0.2, -0.15) is 0 Å². The molecule has 0 spiro atoms. The van der Waals surface area contributed by atoms with E-state index in [0.717, 1.165) is 27.6 Å². The van der Waals surface area contributed by atoms with Gasteiger partial charge in [-0.3, -0.25) is 0 Å². The molecule has 3 nitrogen and oxygen atoms in total. The molecule has 0 saturated heterocycles. The Morgan fingerprint density at radius 2 is 2.00 bits per heavy atom. The fourth-order valence-electron chi connectivity index (χ4n) is 2.57. The number of benzene rings is 2. The second-order valence-electron chi connectivity index (χ2n) is 5.34. The number of hydrogen-bond acceptors (Lipinski definition) is 4. The van der Waals surface area contributed by atoms with Crippen molar-refractivity contribution in [2.24, 2.45) is 0 Å². The van der Waals surface area contributed by atoms with Crippen molar-refractivity contribution >= 4 is 29.3 Å². The van der Waals surface area contributed by atoms with Crippen LogP contribution in [-0.4, -0.2) is 9.97 Å². The summed E-state index contributed by atoms with van der Waals surface area (Å²) in [6, 6.07) is 16.2. The van der Waals surface area contributed by atoms with Crippen molar-refractivity contribution in [2.45, 2.75) is 17.2 Å². The monoisotopic (exact) mass is 339 g/mol. The Kier molecular flexibility index (Phi) is 3.93. The van der Waals surface area contributed by atoms with Gasteiger partial charge in [0, 0.05) is 39.5 Å². The molecule has 3 aromatic rings. The van der Waals surface area contributed by atoms with Crippen LogP contribution >= 0.6 is 23.4 Å². The third-order valence-electron chi connectivity index (χ3n) is 3.74. The molecular weight excluding hydrogens is 326 g/mol. The largest absolute Gasteiger partial charge is 0.350 e. The average Bonchev–Trinajstić information content (AvgIpc) is 2.60. The van der Waals surface area contributed by atoms with Crippen LogP contribution in [0.1, 0.15) is 11.1 Å². The van der Waals surface area contributed by atoms with E-state index >= 15 is 0 Å². The van der Waals surface area contributed by atoms with E-state index < -0.39 is 0 Å². The second-order valence-corrected chi connectivity index (χ2v) is 6.79. The van der Waals surface area contributed by atoms with Gasteiger partial charge in [-0.15, -0.1) is 11.8 Å². The zero-order valence-corrected chi connectivity index (χ0v) is 13.9. The van der Waals surface area contributed by atoms with Gasteiger partial charge in [-0.25, -0.2) is 9.97 Å². The van der Waals surface area contributed by atoms with E-state index in [1.165, 1.54) is 10.5 Å². The number of rotatable bonds is 3. The van der Waals surface area contributed by atoms with E-state index in [-0.39, 0.29) is 0 Å². The lowest BCUT2D eigenvalue weighted by atomic mass is 10.1. The van der Waals surface area contributed by atoms with Crippen LogP contribution in [0.25, 0.3) is 11.3 Å². The summed E-state index contributed by atoms with van der Waals surface area (Å²) in [6.07, 6.45) is 1.92. The van der Waals surface area contributed by atoms with Gasteiger partial charge in [0.05, 0.1) is 5.69 Å². The highest BCUT2D eigenvalue weighted by atomic mass is 35.5. The molecule has 2 aromatic carbocycles. The molecule has 0 saturated carbocycles. The highest BCUT2D eigenvalue weighted by Gasteiger charge is 2.19. The molecule has 0 aliphatic carbocycles. The van der Waals surface area contributed by atoms with Gasteiger partial charge in [0.1, 0.15) is 0 Å². The molecule has 1 aliphatic rings. The molecule has 114 valence electrons. The molecule has 0 radical (unpaired) electrons. The number of nitrogens with zero attached hydrogens (tertiary/aromatic N) is 2. The Morgan fingerprint density at radius 1 is 1.13 bits per heavy atom. The maximum Gasteiger partial charge on any atom is 0.223 e. The predicted octanol–water partition coefficient (Wildman–Crippen LogP) is 5.01. The zero-order chi connectivity index (χ0) is 15.6. The third kappa shape index (κ3) is 3.05. The Morgan fingerprint density at radius 3 is 2.87 bits per heavy atom. The van der Waals surface area contributed by atoms with Gasteiger partial charge in [-0.05, 0) is 17.7 Å². The minimum Gasteiger partial charge on any atom is -0.350 e. The Bertz CT molecular complexity index is 852. The van der Waals surface area contributed by atoms with Gasteiger partial charge in [0.2, 0.25) is 5.95 Å². The van der Waals surface area contributed by atoms with Crippen molar-refractivity contribution in [2.75, 3.05) is 5.32 Å². The van der Waals surface area contributed by atoms with E-state index in [1.54, 1.807) is 11.8 Å². The molecule has 1 aromatic heterocycles. The quantitative estimate of drug-likeness (QED) is 0.727. The summed E-state index contributed by atoms with van der Waals surface area (Å²) in [5, 5.41) is 4.06. The molecule has 0 bridgehead atoms. The normalized spacial score (nSPS) is 12.4. The van der Waals surface area contributed by atoms with E-state index in [0.29, 0.717) is 12.5 Å². The lowest BCUT2D eigenvalue weighted by Crippen LogP contribution is -2.07. The van der Waals surface area contributed by atoms with Crippen LogP contribution < -0.4 is 5.32 Å². The summed E-state index contributed by atoms with van der Waals surface area (Å²) >= 11 is 7.87. The molecule has 0 amide bonds. The molecule has 1 N–H and O–H groups in total. The van der Waals surface area contributed by atoms with Gasteiger partial charge < -0.3 is 5.32 Å². The molecule has 1 aliphatic heterocycles. The minimum absolute atomic E-state index is 0.653. The van der Waals surface area contributed by atoms with Gasteiger partial charge >= 0.3 is 0 Å². The smallest absolute Gasteiger partial charge is 0.223 e. The van der Waals surface area contributed by atoms with Crippen molar-refractivity contribution in [1.82, 2.24) is 9.97 Å². The first kappa shape index (κ1) is 14.5. The van der Waals surface area contributed by atoms with Crippen LogP contribution in [0, 0.1) is 0 Å². The van der Waals surface area contributed by atoms with Crippen LogP contribution in [0.5, 0.6) is 0 Å². The highest BCUT2D eigenvalue weighted by Crippen LogP contribution is 2.41. The number of hydrogen-bond donors (Lipinski definition) is 1. The predicted molar refractivity (Wildman–Crippen MR) is 95.8 cm³/mol. The summed E-state index contributed by atoms with van der Waals surface area (Å²) in [5.74, 6) is 1.53. The molecule has 4 rings (SSSR count). The van der Waals surface area contributed by atoms with Crippen molar-refractivity contribution in [3.63, 3.8) is 0 Å². The molecule has 0 unspecified atom stereocenters. The fourth-order valence-corrected chi connectivity index (χ4v) is 3.86. The Hall–Kier alpha value is -2.04. The SMILES string of the molecule is Clc1ccc2c(c1)SCc1cnc(NCc3ccccc3)nc1-2. The van der Waals surface area contributed by atoms with E-state index in [2.05, 4.69) is 22.4 Å². The Labute approximate surface area is 144 Å². The van der Waals surface area contributed by atoms with Gasteiger partial charge in [-0.1, -0.05) is 48.0 Å².